The zero-order valence-corrected chi connectivity index (χ0v) is 11.1. The van der Waals surface area contributed by atoms with Gasteiger partial charge in [-0.1, -0.05) is 6.07 Å². The number of nitrogens with one attached hydrogen (secondary N) is 1. The fraction of sp³-hybridized carbons (Fsp3) is 0.214. The molecule has 0 amide bonds. The Morgan fingerprint density at radius 2 is 1.95 bits per heavy atom. The number of carboxylic acid groups (broad SMARTS) is 1. The average molecular weight is 257 g/mol. The topological polar surface area (TPSA) is 75.1 Å². The number of aryl methyl sites for hydroxylation is 3. The van der Waals surface area contributed by atoms with E-state index in [2.05, 4.69) is 15.3 Å². The maximum absolute atomic E-state index is 10.9. The van der Waals surface area contributed by atoms with E-state index in [1.54, 1.807) is 6.92 Å². The van der Waals surface area contributed by atoms with Crippen LogP contribution in [-0.4, -0.2) is 21.0 Å². The number of carboxylic acids is 1. The Bertz CT molecular complexity index is 639. The molecular weight excluding hydrogens is 242 g/mol. The first-order valence-corrected chi connectivity index (χ1v) is 5.88. The minimum atomic E-state index is -1.02. The predicted octanol–water partition coefficient (Wildman–Crippen LogP) is 2.84. The highest BCUT2D eigenvalue weighted by atomic mass is 16.4. The van der Waals surface area contributed by atoms with Gasteiger partial charge in [-0.05, 0) is 44.0 Å². The molecule has 98 valence electrons. The molecular formula is C14H15N3O2. The van der Waals surface area contributed by atoms with E-state index in [0.717, 1.165) is 5.69 Å². The van der Waals surface area contributed by atoms with Crippen molar-refractivity contribution in [3.63, 3.8) is 0 Å². The number of hydrogen-bond donors (Lipinski definition) is 2. The largest absolute Gasteiger partial charge is 0.478 e. The van der Waals surface area contributed by atoms with Crippen molar-refractivity contribution < 1.29 is 9.90 Å². The molecule has 5 nitrogen and oxygen atoms in total. The van der Waals surface area contributed by atoms with E-state index in [-0.39, 0.29) is 5.56 Å². The number of hydrogen-bond acceptors (Lipinski definition) is 4. The van der Waals surface area contributed by atoms with Crippen molar-refractivity contribution in [3.8, 4) is 0 Å². The third-order valence-electron chi connectivity index (χ3n) is 2.97. The summed E-state index contributed by atoms with van der Waals surface area (Å²) >= 11 is 0. The molecule has 0 aliphatic carbocycles. The average Bonchev–Trinajstić information content (AvgIpc) is 2.33. The number of benzene rings is 1. The van der Waals surface area contributed by atoms with Crippen molar-refractivity contribution in [2.45, 2.75) is 20.8 Å². The second-order valence-electron chi connectivity index (χ2n) is 4.42. The van der Waals surface area contributed by atoms with Crippen LogP contribution in [0.1, 0.15) is 27.2 Å². The van der Waals surface area contributed by atoms with E-state index in [1.807, 2.05) is 32.0 Å². The molecule has 19 heavy (non-hydrogen) atoms. The molecule has 0 unspecified atom stereocenters. The molecule has 0 saturated carbocycles. The molecule has 0 aliphatic rings. The standard InChI is InChI=1S/C14H15N3O2/c1-8-4-5-11(6-9(8)2)17-14-15-7-12(13(18)19)10(3)16-14/h4-7H,1-3H3,(H,18,19)(H,15,16,17). The first-order valence-electron chi connectivity index (χ1n) is 5.88. The van der Waals surface area contributed by atoms with Crippen LogP contribution in [0.3, 0.4) is 0 Å². The van der Waals surface area contributed by atoms with Crippen LogP contribution in [0, 0.1) is 20.8 Å². The number of anilines is 2. The fourth-order valence-electron chi connectivity index (χ4n) is 1.69. The lowest BCUT2D eigenvalue weighted by Crippen LogP contribution is -2.06. The van der Waals surface area contributed by atoms with Crippen molar-refractivity contribution >= 4 is 17.6 Å². The summed E-state index contributed by atoms with van der Waals surface area (Å²) in [6, 6.07) is 5.95. The normalized spacial score (nSPS) is 10.3. The summed E-state index contributed by atoms with van der Waals surface area (Å²) in [6.45, 7) is 5.72. The Labute approximate surface area is 111 Å². The van der Waals surface area contributed by atoms with Crippen LogP contribution < -0.4 is 5.32 Å². The number of aromatic carboxylic acids is 1. The van der Waals surface area contributed by atoms with Gasteiger partial charge in [-0.3, -0.25) is 0 Å². The van der Waals surface area contributed by atoms with E-state index in [9.17, 15) is 4.79 Å². The number of nitrogens with zero attached hydrogens (tertiary/aromatic N) is 2. The van der Waals surface area contributed by atoms with Crippen LogP contribution in [0.15, 0.2) is 24.4 Å². The molecule has 0 atom stereocenters. The Morgan fingerprint density at radius 1 is 1.21 bits per heavy atom. The zero-order chi connectivity index (χ0) is 14.0. The molecule has 1 aromatic heterocycles. The number of rotatable bonds is 3. The molecule has 1 heterocycles. The summed E-state index contributed by atoms with van der Waals surface area (Å²) in [5, 5.41) is 12.0. The highest BCUT2D eigenvalue weighted by Gasteiger charge is 2.10. The van der Waals surface area contributed by atoms with E-state index < -0.39 is 5.97 Å². The van der Waals surface area contributed by atoms with Crippen LogP contribution in [-0.2, 0) is 0 Å². The summed E-state index contributed by atoms with van der Waals surface area (Å²) in [7, 11) is 0. The van der Waals surface area contributed by atoms with Gasteiger partial charge in [0.25, 0.3) is 0 Å². The lowest BCUT2D eigenvalue weighted by molar-refractivity contribution is 0.0695. The van der Waals surface area contributed by atoms with Gasteiger partial charge >= 0.3 is 5.97 Å². The van der Waals surface area contributed by atoms with Gasteiger partial charge in [0.15, 0.2) is 0 Å². The molecule has 2 aromatic rings. The van der Waals surface area contributed by atoms with E-state index >= 15 is 0 Å². The van der Waals surface area contributed by atoms with Crippen molar-refractivity contribution in [3.05, 3.63) is 46.8 Å². The maximum atomic E-state index is 10.9. The van der Waals surface area contributed by atoms with Crippen LogP contribution in [0.2, 0.25) is 0 Å². The van der Waals surface area contributed by atoms with E-state index in [0.29, 0.717) is 11.6 Å². The highest BCUT2D eigenvalue weighted by molar-refractivity contribution is 5.88. The van der Waals surface area contributed by atoms with Gasteiger partial charge in [0.1, 0.15) is 0 Å². The minimum Gasteiger partial charge on any atom is -0.478 e. The second-order valence-corrected chi connectivity index (χ2v) is 4.42. The summed E-state index contributed by atoms with van der Waals surface area (Å²) in [5.41, 5.74) is 3.82. The lowest BCUT2D eigenvalue weighted by Gasteiger charge is -2.08. The van der Waals surface area contributed by atoms with Crippen LogP contribution in [0.25, 0.3) is 0 Å². The first kappa shape index (κ1) is 13.0. The molecule has 0 fully saturated rings. The summed E-state index contributed by atoms with van der Waals surface area (Å²) < 4.78 is 0. The second kappa shape index (κ2) is 5.06. The third kappa shape index (κ3) is 2.88. The van der Waals surface area contributed by atoms with Crippen LogP contribution in [0.5, 0.6) is 0 Å². The fourth-order valence-corrected chi connectivity index (χ4v) is 1.69. The minimum absolute atomic E-state index is 0.116. The van der Waals surface area contributed by atoms with Crippen molar-refractivity contribution in [2.24, 2.45) is 0 Å². The summed E-state index contributed by atoms with van der Waals surface area (Å²) in [4.78, 5) is 19.0. The van der Waals surface area contributed by atoms with Crippen LogP contribution >= 0.6 is 0 Å². The lowest BCUT2D eigenvalue weighted by atomic mass is 10.1. The van der Waals surface area contributed by atoms with Crippen molar-refractivity contribution in [1.29, 1.82) is 0 Å². The Balaban J connectivity index is 2.26. The molecule has 0 saturated heterocycles. The van der Waals surface area contributed by atoms with E-state index in [1.165, 1.54) is 17.3 Å². The molecule has 5 heteroatoms. The summed E-state index contributed by atoms with van der Waals surface area (Å²) in [5.74, 6) is -0.624. The zero-order valence-electron chi connectivity index (χ0n) is 11.1. The van der Waals surface area contributed by atoms with Gasteiger partial charge in [0.05, 0.1) is 11.3 Å². The molecule has 0 aliphatic heterocycles. The molecule has 2 N–H and O–H groups in total. The molecule has 0 radical (unpaired) electrons. The van der Waals surface area contributed by atoms with Gasteiger partial charge < -0.3 is 10.4 Å². The van der Waals surface area contributed by atoms with Crippen molar-refractivity contribution in [1.82, 2.24) is 9.97 Å². The maximum Gasteiger partial charge on any atom is 0.339 e. The first-order chi connectivity index (χ1) is 8.97. The van der Waals surface area contributed by atoms with Gasteiger partial charge in [-0.25, -0.2) is 14.8 Å². The molecule has 2 rings (SSSR count). The Hall–Kier alpha value is -2.43. The monoisotopic (exact) mass is 257 g/mol. The predicted molar refractivity (Wildman–Crippen MR) is 72.9 cm³/mol. The van der Waals surface area contributed by atoms with Gasteiger partial charge in [0.2, 0.25) is 5.95 Å². The van der Waals surface area contributed by atoms with Gasteiger partial charge in [-0.15, -0.1) is 0 Å². The van der Waals surface area contributed by atoms with Gasteiger partial charge in [0, 0.05) is 11.9 Å². The van der Waals surface area contributed by atoms with Crippen molar-refractivity contribution in [2.75, 3.05) is 5.32 Å². The quantitative estimate of drug-likeness (QED) is 0.884. The SMILES string of the molecule is Cc1ccc(Nc2ncc(C(=O)O)c(C)n2)cc1C. The smallest absolute Gasteiger partial charge is 0.339 e. The number of carbonyl (C=O) groups is 1. The van der Waals surface area contributed by atoms with Crippen LogP contribution in [0.4, 0.5) is 11.6 Å². The molecule has 0 bridgehead atoms. The third-order valence-corrected chi connectivity index (χ3v) is 2.97. The Morgan fingerprint density at radius 3 is 2.53 bits per heavy atom. The van der Waals surface area contributed by atoms with E-state index in [4.69, 9.17) is 5.11 Å². The number of aromatic nitrogens is 2. The molecule has 0 spiro atoms. The highest BCUT2D eigenvalue weighted by Crippen LogP contribution is 2.17. The Kier molecular flexibility index (Phi) is 3.46. The van der Waals surface area contributed by atoms with Gasteiger partial charge in [-0.2, -0.15) is 0 Å². The summed E-state index contributed by atoms with van der Waals surface area (Å²) in [6.07, 6.45) is 1.31. The molecule has 1 aromatic carbocycles.